The molecule has 0 saturated carbocycles. The van der Waals surface area contributed by atoms with Crippen LogP contribution in [-0.4, -0.2) is 10.8 Å². The molecule has 0 spiro atoms. The van der Waals surface area contributed by atoms with E-state index in [2.05, 4.69) is 6.07 Å². The monoisotopic (exact) mass is 315 g/mol. The first kappa shape index (κ1) is 14.5. The van der Waals surface area contributed by atoms with E-state index >= 15 is 0 Å². The molecule has 3 aromatic rings. The van der Waals surface area contributed by atoms with Crippen LogP contribution < -0.4 is 0 Å². The first-order valence-corrected chi connectivity index (χ1v) is 7.95. The van der Waals surface area contributed by atoms with E-state index in [1.165, 1.54) is 0 Å². The third kappa shape index (κ3) is 2.44. The summed E-state index contributed by atoms with van der Waals surface area (Å²) in [5.74, 6) is 1.57. The molecule has 3 nitrogen and oxygen atoms in total. The molecule has 0 N–H and O–H groups in total. The second kappa shape index (κ2) is 5.85. The van der Waals surface area contributed by atoms with Crippen LogP contribution in [0.4, 0.5) is 0 Å². The lowest BCUT2D eigenvalue weighted by Gasteiger charge is -2.32. The number of benzene rings is 2. The number of rotatable bonds is 2. The predicted molar refractivity (Wildman–Crippen MR) is 93.4 cm³/mol. The molecule has 24 heavy (non-hydrogen) atoms. The average Bonchev–Trinajstić information content (AvgIpc) is 3.07. The zero-order valence-corrected chi connectivity index (χ0v) is 13.3. The van der Waals surface area contributed by atoms with Crippen LogP contribution in [0.25, 0.3) is 6.08 Å². The molecule has 0 radical (unpaired) electrons. The Morgan fingerprint density at radius 2 is 1.71 bits per heavy atom. The number of amides is 1. The summed E-state index contributed by atoms with van der Waals surface area (Å²) in [7, 11) is 0. The van der Waals surface area contributed by atoms with E-state index < -0.39 is 0 Å². The van der Waals surface area contributed by atoms with E-state index in [-0.39, 0.29) is 11.9 Å². The summed E-state index contributed by atoms with van der Waals surface area (Å²) in [6, 6.07) is 21.0. The molecule has 118 valence electrons. The molecule has 0 aliphatic carbocycles. The van der Waals surface area contributed by atoms with Gasteiger partial charge < -0.3 is 9.32 Å². The third-order valence-corrected chi connectivity index (χ3v) is 4.27. The first-order chi connectivity index (χ1) is 11.7. The third-order valence-electron chi connectivity index (χ3n) is 4.27. The molecule has 0 fully saturated rings. The van der Waals surface area contributed by atoms with Crippen molar-refractivity contribution in [3.05, 3.63) is 101 Å². The Kier molecular flexibility index (Phi) is 3.54. The van der Waals surface area contributed by atoms with Gasteiger partial charge in [-0.25, -0.2) is 0 Å². The summed E-state index contributed by atoms with van der Waals surface area (Å²) in [4.78, 5) is 14.8. The molecular weight excluding hydrogens is 298 g/mol. The van der Waals surface area contributed by atoms with E-state index in [0.29, 0.717) is 5.56 Å². The lowest BCUT2D eigenvalue weighted by Crippen LogP contribution is -2.33. The zero-order valence-electron chi connectivity index (χ0n) is 13.3. The highest BCUT2D eigenvalue weighted by Gasteiger charge is 2.31. The molecule has 3 heteroatoms. The van der Waals surface area contributed by atoms with Crippen LogP contribution in [0.1, 0.15) is 39.0 Å². The van der Waals surface area contributed by atoms with Crippen molar-refractivity contribution in [1.29, 1.82) is 0 Å². The van der Waals surface area contributed by atoms with Gasteiger partial charge in [0, 0.05) is 11.8 Å². The number of aryl methyl sites for hydroxylation is 1. The zero-order chi connectivity index (χ0) is 16.5. The van der Waals surface area contributed by atoms with E-state index in [0.717, 1.165) is 22.6 Å². The van der Waals surface area contributed by atoms with Crippen molar-refractivity contribution in [3.63, 3.8) is 0 Å². The quantitative estimate of drug-likeness (QED) is 0.680. The van der Waals surface area contributed by atoms with E-state index in [1.807, 2.05) is 79.9 Å². The fraction of sp³-hybridized carbons (Fsp3) is 0.0952. The van der Waals surface area contributed by atoms with Crippen molar-refractivity contribution < 1.29 is 9.21 Å². The van der Waals surface area contributed by atoms with Gasteiger partial charge in [0.25, 0.3) is 5.91 Å². The Morgan fingerprint density at radius 1 is 0.958 bits per heavy atom. The molecule has 1 amide bonds. The fourth-order valence-corrected chi connectivity index (χ4v) is 3.11. The Hall–Kier alpha value is -3.07. The second-order valence-electron chi connectivity index (χ2n) is 5.87. The van der Waals surface area contributed by atoms with Crippen molar-refractivity contribution in [3.8, 4) is 0 Å². The van der Waals surface area contributed by atoms with Gasteiger partial charge in [-0.15, -0.1) is 0 Å². The highest BCUT2D eigenvalue weighted by atomic mass is 16.3. The van der Waals surface area contributed by atoms with Gasteiger partial charge in [-0.1, -0.05) is 42.5 Å². The number of furan rings is 1. The summed E-state index contributed by atoms with van der Waals surface area (Å²) in [6.07, 6.45) is 3.82. The Morgan fingerprint density at radius 3 is 2.46 bits per heavy atom. The van der Waals surface area contributed by atoms with Gasteiger partial charge in [0.2, 0.25) is 0 Å². The van der Waals surface area contributed by atoms with Gasteiger partial charge in [-0.3, -0.25) is 4.79 Å². The van der Waals surface area contributed by atoms with E-state index in [1.54, 1.807) is 4.90 Å². The first-order valence-electron chi connectivity index (χ1n) is 7.95. The van der Waals surface area contributed by atoms with E-state index in [4.69, 9.17) is 4.42 Å². The predicted octanol–water partition coefficient (Wildman–Crippen LogP) is 4.80. The average molecular weight is 315 g/mol. The van der Waals surface area contributed by atoms with Gasteiger partial charge in [0.05, 0.1) is 0 Å². The van der Waals surface area contributed by atoms with E-state index in [9.17, 15) is 4.79 Å². The Labute approximate surface area is 140 Å². The number of hydrogen-bond donors (Lipinski definition) is 0. The largest absolute Gasteiger partial charge is 0.464 e. The minimum Gasteiger partial charge on any atom is -0.464 e. The smallest absolute Gasteiger partial charge is 0.258 e. The van der Waals surface area contributed by atoms with Crippen LogP contribution >= 0.6 is 0 Å². The minimum atomic E-state index is -0.257. The molecule has 0 bridgehead atoms. The van der Waals surface area contributed by atoms with Crippen molar-refractivity contribution in [2.24, 2.45) is 0 Å². The van der Waals surface area contributed by atoms with Gasteiger partial charge in [-0.2, -0.15) is 0 Å². The van der Waals surface area contributed by atoms with Crippen LogP contribution in [-0.2, 0) is 0 Å². The maximum Gasteiger partial charge on any atom is 0.258 e. The number of hydrogen-bond acceptors (Lipinski definition) is 2. The summed E-state index contributed by atoms with van der Waals surface area (Å²) in [5.41, 5.74) is 2.84. The SMILES string of the molecule is Cc1ccc([C@H]2c3ccccc3C=CN2C(=O)c2ccccc2)o1. The van der Waals surface area contributed by atoms with Crippen LogP contribution in [0.5, 0.6) is 0 Å². The molecule has 1 aromatic heterocycles. The maximum atomic E-state index is 13.0. The van der Waals surface area contributed by atoms with Crippen molar-refractivity contribution in [2.75, 3.05) is 0 Å². The number of carbonyl (C=O) groups is 1. The van der Waals surface area contributed by atoms with Gasteiger partial charge in [-0.05, 0) is 48.4 Å². The lowest BCUT2D eigenvalue weighted by molar-refractivity contribution is 0.0774. The Bertz CT molecular complexity index is 908. The topological polar surface area (TPSA) is 33.5 Å². The summed E-state index contributed by atoms with van der Waals surface area (Å²) < 4.78 is 5.87. The lowest BCUT2D eigenvalue weighted by atomic mass is 9.94. The second-order valence-corrected chi connectivity index (χ2v) is 5.87. The maximum absolute atomic E-state index is 13.0. The minimum absolute atomic E-state index is 0.0413. The molecule has 1 aliphatic heterocycles. The number of fused-ring (bicyclic) bond motifs is 1. The van der Waals surface area contributed by atoms with Crippen LogP contribution in [0.15, 0.2) is 77.3 Å². The highest BCUT2D eigenvalue weighted by molar-refractivity contribution is 5.96. The Balaban J connectivity index is 1.82. The fourth-order valence-electron chi connectivity index (χ4n) is 3.11. The standard InChI is InChI=1S/C21H17NO2/c1-15-11-12-19(24-15)20-18-10-6-5-7-16(18)13-14-22(20)21(23)17-8-3-2-4-9-17/h2-14,20H,1H3/t20-/m1/s1. The summed E-state index contributed by atoms with van der Waals surface area (Å²) >= 11 is 0. The van der Waals surface area contributed by atoms with Crippen molar-refractivity contribution >= 4 is 12.0 Å². The number of carbonyl (C=O) groups excluding carboxylic acids is 1. The van der Waals surface area contributed by atoms with Gasteiger partial charge >= 0.3 is 0 Å². The van der Waals surface area contributed by atoms with Crippen LogP contribution in [0.3, 0.4) is 0 Å². The molecule has 0 saturated heterocycles. The summed E-state index contributed by atoms with van der Waals surface area (Å²) in [5, 5.41) is 0. The molecule has 1 aliphatic rings. The molecule has 0 unspecified atom stereocenters. The van der Waals surface area contributed by atoms with Crippen molar-refractivity contribution in [2.45, 2.75) is 13.0 Å². The van der Waals surface area contributed by atoms with Crippen molar-refractivity contribution in [1.82, 2.24) is 4.90 Å². The van der Waals surface area contributed by atoms with Gasteiger partial charge in [0.15, 0.2) is 0 Å². The van der Waals surface area contributed by atoms with Gasteiger partial charge in [0.1, 0.15) is 17.6 Å². The van der Waals surface area contributed by atoms with Crippen LogP contribution in [0.2, 0.25) is 0 Å². The summed E-state index contributed by atoms with van der Waals surface area (Å²) in [6.45, 7) is 1.91. The molecule has 4 rings (SSSR count). The molecule has 2 aromatic carbocycles. The normalized spacial score (nSPS) is 16.0. The number of nitrogens with zero attached hydrogens (tertiary/aromatic N) is 1. The highest BCUT2D eigenvalue weighted by Crippen LogP contribution is 2.37. The molecular formula is C21H17NO2. The van der Waals surface area contributed by atoms with Crippen LogP contribution in [0, 0.1) is 6.92 Å². The molecule has 2 heterocycles. The molecule has 1 atom stereocenters.